The van der Waals surface area contributed by atoms with E-state index in [1.54, 1.807) is 7.11 Å². The highest BCUT2D eigenvalue weighted by molar-refractivity contribution is 4.74. The second kappa shape index (κ2) is 10.8. The van der Waals surface area contributed by atoms with Crippen LogP contribution in [0.2, 0.25) is 0 Å². The molecule has 3 heteroatoms. The Morgan fingerprint density at radius 2 is 1.78 bits per heavy atom. The van der Waals surface area contributed by atoms with Gasteiger partial charge in [0.1, 0.15) is 0 Å². The minimum Gasteiger partial charge on any atom is -0.385 e. The average Bonchev–Trinajstić information content (AvgIpc) is 2.66. The first kappa shape index (κ1) is 15.9. The lowest BCUT2D eigenvalue weighted by Crippen LogP contribution is -2.35. The largest absolute Gasteiger partial charge is 0.385 e. The Labute approximate surface area is 113 Å². The van der Waals surface area contributed by atoms with Crippen molar-refractivity contribution < 1.29 is 9.47 Å². The molecule has 1 saturated carbocycles. The zero-order valence-electron chi connectivity index (χ0n) is 12.2. The molecule has 1 aliphatic carbocycles. The van der Waals surface area contributed by atoms with Crippen LogP contribution in [-0.2, 0) is 9.47 Å². The molecule has 0 amide bonds. The summed E-state index contributed by atoms with van der Waals surface area (Å²) >= 11 is 0. The molecule has 1 rings (SSSR count). The van der Waals surface area contributed by atoms with Crippen molar-refractivity contribution in [1.29, 1.82) is 0 Å². The molecule has 0 aromatic heterocycles. The monoisotopic (exact) mass is 257 g/mol. The predicted molar refractivity (Wildman–Crippen MR) is 76.0 cm³/mol. The summed E-state index contributed by atoms with van der Waals surface area (Å²) in [4.78, 5) is 0. The fraction of sp³-hybridized carbons (Fsp3) is 1.00. The van der Waals surface area contributed by atoms with Gasteiger partial charge in [-0.1, -0.05) is 25.7 Å². The lowest BCUT2D eigenvalue weighted by molar-refractivity contribution is 0.102. The van der Waals surface area contributed by atoms with Crippen LogP contribution in [0.1, 0.15) is 51.9 Å². The first-order chi connectivity index (χ1) is 8.84. The molecular formula is C15H31NO2. The molecule has 0 saturated heterocycles. The highest BCUT2D eigenvalue weighted by atomic mass is 16.5. The minimum absolute atomic E-state index is 0.644. The van der Waals surface area contributed by atoms with Gasteiger partial charge in [-0.2, -0.15) is 0 Å². The summed E-state index contributed by atoms with van der Waals surface area (Å²) in [5.74, 6) is 0.876. The van der Waals surface area contributed by atoms with Crippen LogP contribution in [0.15, 0.2) is 0 Å². The van der Waals surface area contributed by atoms with Crippen molar-refractivity contribution >= 4 is 0 Å². The Kier molecular flexibility index (Phi) is 9.54. The third-order valence-electron chi connectivity index (χ3n) is 3.96. The van der Waals surface area contributed by atoms with Crippen molar-refractivity contribution in [2.24, 2.45) is 5.92 Å². The van der Waals surface area contributed by atoms with E-state index in [1.807, 2.05) is 0 Å². The van der Waals surface area contributed by atoms with E-state index >= 15 is 0 Å². The molecular weight excluding hydrogens is 226 g/mol. The van der Waals surface area contributed by atoms with Gasteiger partial charge in [0, 0.05) is 32.9 Å². The van der Waals surface area contributed by atoms with Gasteiger partial charge in [0.15, 0.2) is 0 Å². The fourth-order valence-corrected chi connectivity index (χ4v) is 2.74. The molecule has 0 heterocycles. The van der Waals surface area contributed by atoms with Crippen molar-refractivity contribution in [1.82, 2.24) is 5.32 Å². The quantitative estimate of drug-likeness (QED) is 0.509. The molecule has 1 atom stereocenters. The molecule has 0 aromatic rings. The Balaban J connectivity index is 1.96. The third-order valence-corrected chi connectivity index (χ3v) is 3.96. The molecule has 0 bridgehead atoms. The van der Waals surface area contributed by atoms with Gasteiger partial charge in [-0.15, -0.1) is 0 Å². The first-order valence-corrected chi connectivity index (χ1v) is 7.64. The van der Waals surface area contributed by atoms with E-state index in [2.05, 4.69) is 12.2 Å². The van der Waals surface area contributed by atoms with Gasteiger partial charge in [0.25, 0.3) is 0 Å². The van der Waals surface area contributed by atoms with Crippen LogP contribution in [0.3, 0.4) is 0 Å². The van der Waals surface area contributed by atoms with Crippen molar-refractivity contribution in [3.05, 3.63) is 0 Å². The molecule has 0 radical (unpaired) electrons. The molecule has 0 aromatic carbocycles. The highest BCUT2D eigenvalue weighted by Gasteiger charge is 2.18. The minimum atomic E-state index is 0.644. The molecule has 1 fully saturated rings. The van der Waals surface area contributed by atoms with E-state index in [4.69, 9.17) is 9.47 Å². The summed E-state index contributed by atoms with van der Waals surface area (Å²) in [7, 11) is 1.73. The predicted octanol–water partition coefficient (Wildman–Crippen LogP) is 2.99. The molecule has 1 N–H and O–H groups in total. The van der Waals surface area contributed by atoms with E-state index in [0.717, 1.165) is 38.7 Å². The third kappa shape index (κ3) is 7.34. The van der Waals surface area contributed by atoms with Crippen molar-refractivity contribution in [3.63, 3.8) is 0 Å². The lowest BCUT2D eigenvalue weighted by atomic mass is 9.93. The van der Waals surface area contributed by atoms with E-state index in [0.29, 0.717) is 6.04 Å². The maximum atomic E-state index is 5.56. The smallest absolute Gasteiger partial charge is 0.0591 e. The summed E-state index contributed by atoms with van der Waals surface area (Å²) in [6.45, 7) is 5.74. The van der Waals surface area contributed by atoms with Crippen LogP contribution in [0.25, 0.3) is 0 Å². The van der Waals surface area contributed by atoms with Crippen LogP contribution in [0.5, 0.6) is 0 Å². The standard InChI is InChI=1S/C15H31NO2/c1-14(15-8-5-3-4-6-9-15)16-10-13-18-12-7-11-17-2/h14-16H,3-13H2,1-2H3/t14-/m0/s1. The normalized spacial score (nSPS) is 19.7. The number of methoxy groups -OCH3 is 1. The molecule has 0 aliphatic heterocycles. The number of rotatable bonds is 9. The number of nitrogens with one attached hydrogen (secondary N) is 1. The fourth-order valence-electron chi connectivity index (χ4n) is 2.74. The summed E-state index contributed by atoms with van der Waals surface area (Å²) in [6, 6.07) is 0.644. The van der Waals surface area contributed by atoms with E-state index in [-0.39, 0.29) is 0 Å². The Morgan fingerprint density at radius 1 is 1.06 bits per heavy atom. The maximum Gasteiger partial charge on any atom is 0.0591 e. The highest BCUT2D eigenvalue weighted by Crippen LogP contribution is 2.25. The molecule has 108 valence electrons. The number of ether oxygens (including phenoxy) is 2. The van der Waals surface area contributed by atoms with E-state index < -0.39 is 0 Å². The van der Waals surface area contributed by atoms with Crippen LogP contribution < -0.4 is 5.32 Å². The molecule has 18 heavy (non-hydrogen) atoms. The molecule has 1 aliphatic rings. The summed E-state index contributed by atoms with van der Waals surface area (Å²) < 4.78 is 10.5. The van der Waals surface area contributed by atoms with Crippen LogP contribution in [0, 0.1) is 5.92 Å². The second-order valence-electron chi connectivity index (χ2n) is 5.45. The molecule has 3 nitrogen and oxygen atoms in total. The molecule has 0 unspecified atom stereocenters. The maximum absolute atomic E-state index is 5.56. The van der Waals surface area contributed by atoms with Crippen molar-refractivity contribution in [2.45, 2.75) is 57.9 Å². The van der Waals surface area contributed by atoms with E-state index in [1.165, 1.54) is 38.5 Å². The second-order valence-corrected chi connectivity index (χ2v) is 5.45. The van der Waals surface area contributed by atoms with Crippen LogP contribution in [-0.4, -0.2) is 39.5 Å². The van der Waals surface area contributed by atoms with Gasteiger partial charge in [-0.05, 0) is 32.1 Å². The van der Waals surface area contributed by atoms with Crippen molar-refractivity contribution in [2.75, 3.05) is 33.5 Å². The van der Waals surface area contributed by atoms with Gasteiger partial charge in [0.05, 0.1) is 6.61 Å². The average molecular weight is 257 g/mol. The van der Waals surface area contributed by atoms with Gasteiger partial charge in [-0.25, -0.2) is 0 Å². The Bertz CT molecular complexity index is 179. The van der Waals surface area contributed by atoms with E-state index in [9.17, 15) is 0 Å². The first-order valence-electron chi connectivity index (χ1n) is 7.64. The summed E-state index contributed by atoms with van der Waals surface area (Å²) in [5, 5.41) is 3.61. The zero-order chi connectivity index (χ0) is 13.1. The summed E-state index contributed by atoms with van der Waals surface area (Å²) in [5.41, 5.74) is 0. The van der Waals surface area contributed by atoms with Crippen LogP contribution in [0.4, 0.5) is 0 Å². The zero-order valence-corrected chi connectivity index (χ0v) is 12.2. The van der Waals surface area contributed by atoms with Crippen LogP contribution >= 0.6 is 0 Å². The number of hydrogen-bond acceptors (Lipinski definition) is 3. The number of hydrogen-bond donors (Lipinski definition) is 1. The van der Waals surface area contributed by atoms with Gasteiger partial charge >= 0.3 is 0 Å². The Hall–Kier alpha value is -0.120. The lowest BCUT2D eigenvalue weighted by Gasteiger charge is -2.23. The topological polar surface area (TPSA) is 30.5 Å². The summed E-state index contributed by atoms with van der Waals surface area (Å²) in [6.07, 6.45) is 9.52. The SMILES string of the molecule is COCCCOCCN[C@@H](C)C1CCCCCC1. The molecule has 0 spiro atoms. The Morgan fingerprint density at radius 3 is 2.44 bits per heavy atom. The van der Waals surface area contributed by atoms with Gasteiger partial charge in [-0.3, -0.25) is 0 Å². The van der Waals surface area contributed by atoms with Gasteiger partial charge < -0.3 is 14.8 Å². The van der Waals surface area contributed by atoms with Gasteiger partial charge in [0.2, 0.25) is 0 Å². The van der Waals surface area contributed by atoms with Crippen molar-refractivity contribution in [3.8, 4) is 0 Å².